The highest BCUT2D eigenvalue weighted by Crippen LogP contribution is 2.09. The topological polar surface area (TPSA) is 15.8 Å². The molecule has 1 aromatic heterocycles. The van der Waals surface area contributed by atoms with Gasteiger partial charge in [-0.3, -0.25) is 0 Å². The number of aromatic amines is 1. The molecular weight excluding hydrogens is 158 g/mol. The van der Waals surface area contributed by atoms with Gasteiger partial charge in [-0.15, -0.1) is 6.58 Å². The lowest BCUT2D eigenvalue weighted by atomic mass is 10.3. The second kappa shape index (κ2) is 5.20. The lowest BCUT2D eigenvalue weighted by Gasteiger charge is -1.83. The fourth-order valence-electron chi connectivity index (χ4n) is 0.995. The lowest BCUT2D eigenvalue weighted by Crippen LogP contribution is -1.61. The lowest BCUT2D eigenvalue weighted by molar-refractivity contribution is 1.23. The number of hydrogen-bond donors (Lipinski definition) is 1. The van der Waals surface area contributed by atoms with Crippen LogP contribution < -0.4 is 0 Å². The van der Waals surface area contributed by atoms with Gasteiger partial charge in [-0.2, -0.15) is 0 Å². The normalized spacial score (nSPS) is 9.00. The molecule has 1 heteroatoms. The molecule has 0 atom stereocenters. The molecule has 0 amide bonds. The number of para-hydroxylation sites is 1. The van der Waals surface area contributed by atoms with Gasteiger partial charge >= 0.3 is 0 Å². The predicted octanol–water partition coefficient (Wildman–Crippen LogP) is 3.75. The molecule has 68 valence electrons. The van der Waals surface area contributed by atoms with Gasteiger partial charge in [0, 0.05) is 11.7 Å². The van der Waals surface area contributed by atoms with Crippen molar-refractivity contribution in [3.05, 3.63) is 49.2 Å². The zero-order chi connectivity index (χ0) is 9.52. The molecule has 0 aliphatic rings. The Bertz CT molecular complexity index is 330. The molecule has 1 nitrogen and oxygen atoms in total. The second-order valence-corrected chi connectivity index (χ2v) is 2.76. The van der Waals surface area contributed by atoms with E-state index in [9.17, 15) is 0 Å². The molecule has 1 heterocycles. The standard InChI is InChI=1S/C8H7N.C4H8/c1-2-4-8-7(3-1)5-6-9-8;1-3-4-2/h1-6,9H;3H,1,4H2,2H3. The summed E-state index contributed by atoms with van der Waals surface area (Å²) in [4.78, 5) is 3.12. The molecule has 0 saturated carbocycles. The zero-order valence-corrected chi connectivity index (χ0v) is 7.96. The Morgan fingerprint density at radius 2 is 2.00 bits per heavy atom. The number of hydrogen-bond acceptors (Lipinski definition) is 0. The molecule has 0 saturated heterocycles. The molecule has 0 unspecified atom stereocenters. The van der Waals surface area contributed by atoms with Crippen LogP contribution in [-0.2, 0) is 0 Å². The highest BCUT2D eigenvalue weighted by molar-refractivity contribution is 5.78. The van der Waals surface area contributed by atoms with Gasteiger partial charge < -0.3 is 4.98 Å². The van der Waals surface area contributed by atoms with E-state index in [1.165, 1.54) is 10.9 Å². The van der Waals surface area contributed by atoms with Crippen LogP contribution in [0.5, 0.6) is 0 Å². The summed E-state index contributed by atoms with van der Waals surface area (Å²) in [6.45, 7) is 5.54. The Hall–Kier alpha value is -1.50. The highest BCUT2D eigenvalue weighted by Gasteiger charge is 1.86. The predicted molar refractivity (Wildman–Crippen MR) is 58.8 cm³/mol. The molecule has 13 heavy (non-hydrogen) atoms. The first kappa shape index (κ1) is 9.59. The fraction of sp³-hybridized carbons (Fsp3) is 0.167. The molecular formula is C12H15N. The molecule has 0 fully saturated rings. The van der Waals surface area contributed by atoms with E-state index in [-0.39, 0.29) is 0 Å². The third-order valence-electron chi connectivity index (χ3n) is 1.75. The van der Waals surface area contributed by atoms with Crippen LogP contribution >= 0.6 is 0 Å². The van der Waals surface area contributed by atoms with Crippen molar-refractivity contribution in [1.82, 2.24) is 4.98 Å². The number of nitrogens with one attached hydrogen (secondary N) is 1. The van der Waals surface area contributed by atoms with Gasteiger partial charge in [0.05, 0.1) is 0 Å². The van der Waals surface area contributed by atoms with E-state index in [1.54, 1.807) is 0 Å². The van der Waals surface area contributed by atoms with Crippen LogP contribution in [0.4, 0.5) is 0 Å². The Labute approximate surface area is 79.1 Å². The Morgan fingerprint density at radius 1 is 1.31 bits per heavy atom. The molecule has 1 aromatic carbocycles. The third kappa shape index (κ3) is 2.79. The maximum Gasteiger partial charge on any atom is 0.0453 e. The summed E-state index contributed by atoms with van der Waals surface area (Å²) in [6.07, 6.45) is 4.91. The minimum atomic E-state index is 1.08. The maximum atomic E-state index is 3.48. The van der Waals surface area contributed by atoms with Crippen molar-refractivity contribution >= 4 is 10.9 Å². The number of H-pyrrole nitrogens is 1. The summed E-state index contributed by atoms with van der Waals surface area (Å²) >= 11 is 0. The summed E-state index contributed by atoms with van der Waals surface area (Å²) in [5, 5.41) is 1.28. The van der Waals surface area contributed by atoms with Crippen molar-refractivity contribution < 1.29 is 0 Å². The fourth-order valence-corrected chi connectivity index (χ4v) is 0.995. The van der Waals surface area contributed by atoms with Crippen molar-refractivity contribution in [2.24, 2.45) is 0 Å². The largest absolute Gasteiger partial charge is 0.361 e. The maximum absolute atomic E-state index is 3.48. The summed E-state index contributed by atoms with van der Waals surface area (Å²) < 4.78 is 0. The molecule has 1 N–H and O–H groups in total. The van der Waals surface area contributed by atoms with Crippen LogP contribution in [0.15, 0.2) is 49.2 Å². The third-order valence-corrected chi connectivity index (χ3v) is 1.75. The van der Waals surface area contributed by atoms with E-state index in [1.807, 2.05) is 24.4 Å². The molecule has 0 spiro atoms. The van der Waals surface area contributed by atoms with Gasteiger partial charge in [0.2, 0.25) is 0 Å². The number of benzene rings is 1. The Morgan fingerprint density at radius 3 is 2.62 bits per heavy atom. The minimum absolute atomic E-state index is 1.08. The molecule has 0 aliphatic carbocycles. The molecule has 0 bridgehead atoms. The summed E-state index contributed by atoms with van der Waals surface area (Å²) in [5.41, 5.74) is 1.21. The van der Waals surface area contributed by atoms with Crippen LogP contribution in [0.2, 0.25) is 0 Å². The molecule has 2 rings (SSSR count). The first-order valence-electron chi connectivity index (χ1n) is 4.51. The number of fused-ring (bicyclic) bond motifs is 1. The van der Waals surface area contributed by atoms with Crippen molar-refractivity contribution in [2.45, 2.75) is 13.3 Å². The second-order valence-electron chi connectivity index (χ2n) is 2.76. The van der Waals surface area contributed by atoms with Crippen molar-refractivity contribution in [1.29, 1.82) is 0 Å². The van der Waals surface area contributed by atoms with Gasteiger partial charge in [-0.1, -0.05) is 31.2 Å². The van der Waals surface area contributed by atoms with Crippen molar-refractivity contribution in [3.8, 4) is 0 Å². The summed E-state index contributed by atoms with van der Waals surface area (Å²) in [5.74, 6) is 0. The van der Waals surface area contributed by atoms with Crippen LogP contribution in [0.1, 0.15) is 13.3 Å². The van der Waals surface area contributed by atoms with E-state index >= 15 is 0 Å². The van der Waals surface area contributed by atoms with Gasteiger partial charge in [-0.25, -0.2) is 0 Å². The minimum Gasteiger partial charge on any atom is -0.361 e. The first-order chi connectivity index (χ1) is 6.38. The van der Waals surface area contributed by atoms with Gasteiger partial charge in [-0.05, 0) is 23.9 Å². The van der Waals surface area contributed by atoms with Gasteiger partial charge in [0.15, 0.2) is 0 Å². The van der Waals surface area contributed by atoms with E-state index < -0.39 is 0 Å². The smallest absolute Gasteiger partial charge is 0.0453 e. The average molecular weight is 173 g/mol. The monoisotopic (exact) mass is 173 g/mol. The van der Waals surface area contributed by atoms with Crippen LogP contribution in [-0.4, -0.2) is 4.98 Å². The van der Waals surface area contributed by atoms with Crippen LogP contribution in [0, 0.1) is 0 Å². The van der Waals surface area contributed by atoms with Crippen molar-refractivity contribution in [2.75, 3.05) is 0 Å². The van der Waals surface area contributed by atoms with E-state index in [2.05, 4.69) is 36.7 Å². The molecule has 2 aromatic rings. The quantitative estimate of drug-likeness (QED) is 0.632. The van der Waals surface area contributed by atoms with Crippen LogP contribution in [0.3, 0.4) is 0 Å². The van der Waals surface area contributed by atoms with Crippen molar-refractivity contribution in [3.63, 3.8) is 0 Å². The number of rotatable bonds is 1. The van der Waals surface area contributed by atoms with Gasteiger partial charge in [0.1, 0.15) is 0 Å². The number of allylic oxidation sites excluding steroid dienone is 1. The first-order valence-corrected chi connectivity index (χ1v) is 4.51. The molecule has 0 radical (unpaired) electrons. The molecule has 0 aliphatic heterocycles. The number of aromatic nitrogens is 1. The highest BCUT2D eigenvalue weighted by atomic mass is 14.6. The Balaban J connectivity index is 0.000000184. The van der Waals surface area contributed by atoms with Crippen LogP contribution in [0.25, 0.3) is 10.9 Å². The average Bonchev–Trinajstić information content (AvgIpc) is 2.66. The zero-order valence-electron chi connectivity index (χ0n) is 7.96. The summed E-state index contributed by atoms with van der Waals surface area (Å²) in [7, 11) is 0. The van der Waals surface area contributed by atoms with E-state index in [0.29, 0.717) is 0 Å². The summed E-state index contributed by atoms with van der Waals surface area (Å²) in [6, 6.07) is 10.3. The van der Waals surface area contributed by atoms with E-state index in [4.69, 9.17) is 0 Å². The SMILES string of the molecule is C=CCC.c1ccc2[nH]ccc2c1. The van der Waals surface area contributed by atoms with Gasteiger partial charge in [0.25, 0.3) is 0 Å². The van der Waals surface area contributed by atoms with E-state index in [0.717, 1.165) is 6.42 Å². The Kier molecular flexibility index (Phi) is 3.83.